The Morgan fingerprint density at radius 3 is 2.39 bits per heavy atom. The van der Waals surface area contributed by atoms with Gasteiger partial charge in [-0.2, -0.15) is 0 Å². The number of nitrogens with one attached hydrogen (secondary N) is 1. The first-order chi connectivity index (χ1) is 16.0. The fourth-order valence-corrected chi connectivity index (χ4v) is 4.41. The van der Waals surface area contributed by atoms with E-state index in [0.717, 1.165) is 19.6 Å². The number of carbonyl (C=O) groups excluding carboxylic acids is 1. The Balaban J connectivity index is 1.39. The summed E-state index contributed by atoms with van der Waals surface area (Å²) >= 11 is 0. The molecule has 2 aromatic carbocycles. The van der Waals surface area contributed by atoms with E-state index in [1.807, 2.05) is 18.2 Å². The van der Waals surface area contributed by atoms with Crippen LogP contribution in [0.25, 0.3) is 6.08 Å². The maximum atomic E-state index is 12.5. The van der Waals surface area contributed by atoms with Crippen molar-refractivity contribution >= 4 is 22.0 Å². The summed E-state index contributed by atoms with van der Waals surface area (Å²) in [5.41, 5.74) is 1.18. The van der Waals surface area contributed by atoms with Gasteiger partial charge in [0.1, 0.15) is 5.75 Å². The molecule has 33 heavy (non-hydrogen) atoms. The second-order valence-corrected chi connectivity index (χ2v) is 9.41. The second-order valence-electron chi connectivity index (χ2n) is 7.65. The normalized spacial score (nSPS) is 15.1. The molecule has 8 nitrogen and oxygen atoms in total. The van der Waals surface area contributed by atoms with Gasteiger partial charge in [0.2, 0.25) is 10.0 Å². The highest BCUT2D eigenvalue weighted by Crippen LogP contribution is 2.16. The summed E-state index contributed by atoms with van der Waals surface area (Å²) in [6.45, 7) is 4.21. The number of benzene rings is 2. The van der Waals surface area contributed by atoms with Gasteiger partial charge < -0.3 is 14.4 Å². The van der Waals surface area contributed by atoms with Crippen LogP contribution in [0.3, 0.4) is 0 Å². The van der Waals surface area contributed by atoms with E-state index in [1.165, 1.54) is 24.8 Å². The van der Waals surface area contributed by atoms with Crippen molar-refractivity contribution in [2.75, 3.05) is 59.6 Å². The van der Waals surface area contributed by atoms with Crippen molar-refractivity contribution in [3.05, 3.63) is 66.2 Å². The Labute approximate surface area is 195 Å². The zero-order valence-electron chi connectivity index (χ0n) is 18.9. The fraction of sp³-hybridized carbons (Fsp3) is 0.375. The quantitative estimate of drug-likeness (QED) is 0.501. The first-order valence-electron chi connectivity index (χ1n) is 10.9. The smallest absolute Gasteiger partial charge is 0.260 e. The van der Waals surface area contributed by atoms with Crippen LogP contribution < -0.4 is 9.46 Å². The highest BCUT2D eigenvalue weighted by molar-refractivity contribution is 7.89. The zero-order valence-corrected chi connectivity index (χ0v) is 19.7. The molecule has 0 atom stereocenters. The molecule has 2 aromatic rings. The number of sulfonamides is 1. The average molecular weight is 474 g/mol. The van der Waals surface area contributed by atoms with E-state index in [-0.39, 0.29) is 24.0 Å². The molecule has 0 aromatic heterocycles. The third-order valence-corrected chi connectivity index (χ3v) is 6.77. The second kappa shape index (κ2) is 12.5. The molecule has 1 aliphatic rings. The molecule has 1 aliphatic heterocycles. The lowest BCUT2D eigenvalue weighted by molar-refractivity contribution is -0.135. The molecule has 0 aliphatic carbocycles. The number of rotatable bonds is 11. The van der Waals surface area contributed by atoms with E-state index in [2.05, 4.69) is 33.9 Å². The van der Waals surface area contributed by atoms with Crippen molar-refractivity contribution in [2.45, 2.75) is 4.90 Å². The van der Waals surface area contributed by atoms with Gasteiger partial charge in [0.05, 0.1) is 11.5 Å². The van der Waals surface area contributed by atoms with Gasteiger partial charge in [-0.3, -0.25) is 9.69 Å². The topological polar surface area (TPSA) is 88.2 Å². The molecule has 9 heteroatoms. The molecule has 0 bridgehead atoms. The average Bonchev–Trinajstić information content (AvgIpc) is 2.84. The third-order valence-electron chi connectivity index (χ3n) is 5.29. The highest BCUT2D eigenvalue weighted by Gasteiger charge is 2.21. The number of piperazine rings is 1. The predicted molar refractivity (Wildman–Crippen MR) is 127 cm³/mol. The first-order valence-corrected chi connectivity index (χ1v) is 12.4. The summed E-state index contributed by atoms with van der Waals surface area (Å²) in [6, 6.07) is 16.2. The molecule has 1 fully saturated rings. The van der Waals surface area contributed by atoms with Gasteiger partial charge in [-0.1, -0.05) is 42.5 Å². The van der Waals surface area contributed by atoms with Crippen LogP contribution >= 0.6 is 0 Å². The van der Waals surface area contributed by atoms with Gasteiger partial charge in [-0.15, -0.1) is 0 Å². The Bertz CT molecular complexity index is 1000. The minimum absolute atomic E-state index is 0.0765. The Morgan fingerprint density at radius 2 is 1.73 bits per heavy atom. The van der Waals surface area contributed by atoms with Crippen LogP contribution in [-0.2, 0) is 19.6 Å². The summed E-state index contributed by atoms with van der Waals surface area (Å²) in [5.74, 6) is 0.372. The molecular formula is C24H31N3O5S. The number of methoxy groups -OCH3 is 1. The van der Waals surface area contributed by atoms with E-state index in [1.54, 1.807) is 17.0 Å². The summed E-state index contributed by atoms with van der Waals surface area (Å²) < 4.78 is 37.2. The van der Waals surface area contributed by atoms with Gasteiger partial charge >= 0.3 is 0 Å². The first kappa shape index (κ1) is 24.9. The van der Waals surface area contributed by atoms with E-state index >= 15 is 0 Å². The molecule has 0 spiro atoms. The third kappa shape index (κ3) is 7.97. The lowest BCUT2D eigenvalue weighted by Gasteiger charge is -2.34. The zero-order chi connectivity index (χ0) is 23.5. The largest absolute Gasteiger partial charge is 0.484 e. The number of amides is 1. The lowest BCUT2D eigenvalue weighted by Crippen LogP contribution is -2.49. The molecule has 1 saturated heterocycles. The van der Waals surface area contributed by atoms with Gasteiger partial charge in [0.25, 0.3) is 5.91 Å². The molecular weight excluding hydrogens is 442 g/mol. The van der Waals surface area contributed by atoms with Crippen molar-refractivity contribution in [1.29, 1.82) is 0 Å². The van der Waals surface area contributed by atoms with Crippen molar-refractivity contribution in [3.63, 3.8) is 0 Å². The van der Waals surface area contributed by atoms with E-state index in [0.29, 0.717) is 25.4 Å². The monoisotopic (exact) mass is 473 g/mol. The highest BCUT2D eigenvalue weighted by atomic mass is 32.2. The molecule has 1 heterocycles. The fourth-order valence-electron chi connectivity index (χ4n) is 3.39. The van der Waals surface area contributed by atoms with Crippen LogP contribution in [0.15, 0.2) is 65.6 Å². The maximum Gasteiger partial charge on any atom is 0.260 e. The van der Waals surface area contributed by atoms with Gasteiger partial charge in [0, 0.05) is 46.4 Å². The van der Waals surface area contributed by atoms with Crippen LogP contribution in [0.4, 0.5) is 0 Å². The van der Waals surface area contributed by atoms with Gasteiger partial charge in [0.15, 0.2) is 6.61 Å². The minimum atomic E-state index is -3.60. The number of carbonyl (C=O) groups is 1. The van der Waals surface area contributed by atoms with Crippen LogP contribution in [0, 0.1) is 0 Å². The standard InChI is InChI=1S/C24H31N3O5S/c1-31-19-13-25-33(29,30)23-11-9-22(10-12-23)32-20-24(28)27-17-15-26(16-18-27)14-5-8-21-6-3-2-4-7-21/h2-12,25H,13-20H2,1H3/b8-5+. The van der Waals surface area contributed by atoms with Crippen molar-refractivity contribution in [1.82, 2.24) is 14.5 Å². The lowest BCUT2D eigenvalue weighted by atomic mass is 10.2. The van der Waals surface area contributed by atoms with Crippen LogP contribution in [0.1, 0.15) is 5.56 Å². The SMILES string of the molecule is COCCNS(=O)(=O)c1ccc(OCC(=O)N2CCN(C/C=C/c3ccccc3)CC2)cc1. The van der Waals surface area contributed by atoms with Gasteiger partial charge in [-0.25, -0.2) is 13.1 Å². The summed E-state index contributed by atoms with van der Waals surface area (Å²) in [4.78, 5) is 16.7. The molecule has 0 radical (unpaired) electrons. The Kier molecular flexibility index (Phi) is 9.44. The number of hydrogen-bond acceptors (Lipinski definition) is 6. The Hall–Kier alpha value is -2.72. The van der Waals surface area contributed by atoms with Crippen LogP contribution in [-0.4, -0.2) is 83.7 Å². The molecule has 3 rings (SSSR count). The summed E-state index contributed by atoms with van der Waals surface area (Å²) in [6.07, 6.45) is 4.25. The van der Waals surface area contributed by atoms with E-state index in [9.17, 15) is 13.2 Å². The number of hydrogen-bond donors (Lipinski definition) is 1. The number of nitrogens with zero attached hydrogens (tertiary/aromatic N) is 2. The summed E-state index contributed by atoms with van der Waals surface area (Å²) in [5, 5.41) is 0. The molecule has 0 saturated carbocycles. The predicted octanol–water partition coefficient (Wildman–Crippen LogP) is 1.85. The van der Waals surface area contributed by atoms with Crippen molar-refractivity contribution < 1.29 is 22.7 Å². The minimum Gasteiger partial charge on any atom is -0.484 e. The molecule has 178 valence electrons. The molecule has 0 unspecified atom stereocenters. The van der Waals surface area contributed by atoms with Crippen LogP contribution in [0.2, 0.25) is 0 Å². The number of ether oxygens (including phenoxy) is 2. The van der Waals surface area contributed by atoms with E-state index < -0.39 is 10.0 Å². The van der Waals surface area contributed by atoms with E-state index in [4.69, 9.17) is 9.47 Å². The summed E-state index contributed by atoms with van der Waals surface area (Å²) in [7, 11) is -2.09. The van der Waals surface area contributed by atoms with Crippen LogP contribution in [0.5, 0.6) is 5.75 Å². The van der Waals surface area contributed by atoms with Gasteiger partial charge in [-0.05, 0) is 29.8 Å². The maximum absolute atomic E-state index is 12.5. The molecule has 1 amide bonds. The molecule has 1 N–H and O–H groups in total. The van der Waals surface area contributed by atoms with Crippen molar-refractivity contribution in [3.8, 4) is 5.75 Å². The Morgan fingerprint density at radius 1 is 1.03 bits per heavy atom. The van der Waals surface area contributed by atoms with Crippen molar-refractivity contribution in [2.24, 2.45) is 0 Å².